The number of benzene rings is 1. The molecule has 3 N–H and O–H groups in total. The highest BCUT2D eigenvalue weighted by Gasteiger charge is 2.20. The number of aromatic nitrogens is 1. The molecule has 0 aliphatic carbocycles. The molecular weight excluding hydrogens is 438 g/mol. The molecule has 1 aliphatic rings. The van der Waals surface area contributed by atoms with Crippen LogP contribution in [0.4, 0.5) is 5.69 Å². The Balaban J connectivity index is 1.68. The van der Waals surface area contributed by atoms with Gasteiger partial charge in [0.05, 0.1) is 12.1 Å². The molecule has 1 aromatic carbocycles. The molecular formula is C25H34ClN5O2. The summed E-state index contributed by atoms with van der Waals surface area (Å²) in [7, 11) is 0. The maximum atomic E-state index is 12.8. The molecule has 0 atom stereocenters. The SMILES string of the molecule is CCN=C(Cl)/C(CC(=O)Nc1ccc2c(c1)CCN(CCC(C)(C)C)C2)=C(\N)c1ccon1. The minimum absolute atomic E-state index is 0.0152. The number of halogens is 1. The number of hydrogen-bond donors (Lipinski definition) is 2. The van der Waals surface area contributed by atoms with Crippen LogP contribution in [0.3, 0.4) is 0 Å². The fourth-order valence-corrected chi connectivity index (χ4v) is 4.05. The zero-order chi connectivity index (χ0) is 24.0. The van der Waals surface area contributed by atoms with Crippen molar-refractivity contribution in [2.45, 2.75) is 53.5 Å². The number of aliphatic imine (C=N–C) groups is 1. The van der Waals surface area contributed by atoms with Gasteiger partial charge in [0.2, 0.25) is 5.91 Å². The first-order valence-corrected chi connectivity index (χ1v) is 11.8. The molecule has 0 radical (unpaired) electrons. The average molecular weight is 472 g/mol. The highest BCUT2D eigenvalue weighted by atomic mass is 35.5. The van der Waals surface area contributed by atoms with Gasteiger partial charge < -0.3 is 15.6 Å². The van der Waals surface area contributed by atoms with Gasteiger partial charge in [-0.05, 0) is 55.0 Å². The second-order valence-electron chi connectivity index (χ2n) is 9.59. The molecule has 0 unspecified atom stereocenters. The normalized spacial score (nSPS) is 15.7. The Kier molecular flexibility index (Phi) is 8.32. The van der Waals surface area contributed by atoms with Crippen LogP contribution in [-0.4, -0.2) is 40.8 Å². The predicted molar refractivity (Wildman–Crippen MR) is 134 cm³/mol. The van der Waals surface area contributed by atoms with Crippen LogP contribution >= 0.6 is 11.6 Å². The average Bonchev–Trinajstić information content (AvgIpc) is 3.30. The smallest absolute Gasteiger partial charge is 0.228 e. The van der Waals surface area contributed by atoms with E-state index in [-0.39, 0.29) is 23.2 Å². The molecule has 0 bridgehead atoms. The summed E-state index contributed by atoms with van der Waals surface area (Å²) in [5.41, 5.74) is 11.1. The van der Waals surface area contributed by atoms with Gasteiger partial charge in [-0.25, -0.2) is 0 Å². The molecule has 0 fully saturated rings. The largest absolute Gasteiger partial charge is 0.397 e. The van der Waals surface area contributed by atoms with Crippen LogP contribution in [0.25, 0.3) is 5.70 Å². The summed E-state index contributed by atoms with van der Waals surface area (Å²) in [6.07, 6.45) is 3.55. The zero-order valence-electron chi connectivity index (χ0n) is 19.9. The van der Waals surface area contributed by atoms with Gasteiger partial charge in [0.25, 0.3) is 0 Å². The summed E-state index contributed by atoms with van der Waals surface area (Å²) in [6, 6.07) is 7.76. The lowest BCUT2D eigenvalue weighted by Crippen LogP contribution is -2.33. The van der Waals surface area contributed by atoms with Crippen molar-refractivity contribution < 1.29 is 9.32 Å². The summed E-state index contributed by atoms with van der Waals surface area (Å²) in [4.78, 5) is 19.6. The number of nitrogens with two attached hydrogens (primary N) is 1. The Bertz CT molecular complexity index is 1020. The lowest BCUT2D eigenvalue weighted by atomic mass is 9.91. The second-order valence-corrected chi connectivity index (χ2v) is 9.95. The molecule has 2 heterocycles. The van der Waals surface area contributed by atoms with Gasteiger partial charge in [-0.2, -0.15) is 0 Å². The van der Waals surface area contributed by atoms with Crippen LogP contribution in [0.1, 0.15) is 57.4 Å². The first kappa shape index (κ1) is 25.0. The van der Waals surface area contributed by atoms with E-state index in [1.807, 2.05) is 13.0 Å². The molecule has 7 nitrogen and oxygen atoms in total. The molecule has 3 rings (SSSR count). The van der Waals surface area contributed by atoms with E-state index < -0.39 is 0 Å². The molecule has 178 valence electrons. The lowest BCUT2D eigenvalue weighted by Gasteiger charge is -2.31. The van der Waals surface area contributed by atoms with E-state index in [0.29, 0.717) is 23.2 Å². The van der Waals surface area contributed by atoms with Crippen molar-refractivity contribution in [2.75, 3.05) is 25.0 Å². The molecule has 0 saturated carbocycles. The van der Waals surface area contributed by atoms with E-state index in [1.165, 1.54) is 23.8 Å². The van der Waals surface area contributed by atoms with Gasteiger partial charge in [0, 0.05) is 37.0 Å². The quantitative estimate of drug-likeness (QED) is 0.537. The van der Waals surface area contributed by atoms with E-state index in [9.17, 15) is 4.79 Å². The molecule has 2 aromatic rings. The van der Waals surface area contributed by atoms with Gasteiger partial charge >= 0.3 is 0 Å². The Morgan fingerprint density at radius 2 is 2.09 bits per heavy atom. The van der Waals surface area contributed by atoms with Gasteiger partial charge in [0.15, 0.2) is 0 Å². The number of nitrogens with zero attached hydrogens (tertiary/aromatic N) is 3. The third-order valence-corrected chi connectivity index (χ3v) is 6.03. The molecule has 8 heteroatoms. The highest BCUT2D eigenvalue weighted by molar-refractivity contribution is 6.70. The standard InChI is InChI=1S/C25H34ClN5O2/c1-5-28-24(26)20(23(27)21-9-13-33-30-21)15-22(32)29-19-7-6-18-16-31(11-8-17(18)14-19)12-10-25(2,3)4/h6-7,9,13-14H,5,8,10-12,15-16,27H2,1-4H3,(H,29,32)/b23-20-,28-24?. The van der Waals surface area contributed by atoms with Crippen LogP contribution in [0.15, 0.2) is 45.6 Å². The molecule has 33 heavy (non-hydrogen) atoms. The number of amides is 1. The maximum Gasteiger partial charge on any atom is 0.228 e. The van der Waals surface area contributed by atoms with Gasteiger partial charge in [-0.1, -0.05) is 43.6 Å². The molecule has 0 spiro atoms. The van der Waals surface area contributed by atoms with Crippen molar-refractivity contribution in [1.29, 1.82) is 0 Å². The highest BCUT2D eigenvalue weighted by Crippen LogP contribution is 2.26. The van der Waals surface area contributed by atoms with Crippen molar-refractivity contribution in [3.05, 3.63) is 52.9 Å². The number of carbonyl (C=O) groups excluding carboxylic acids is 1. The monoisotopic (exact) mass is 471 g/mol. The zero-order valence-corrected chi connectivity index (χ0v) is 20.7. The number of fused-ring (bicyclic) bond motifs is 1. The number of carbonyl (C=O) groups is 1. The number of nitrogens with one attached hydrogen (secondary N) is 1. The second kappa shape index (κ2) is 11.0. The van der Waals surface area contributed by atoms with Gasteiger partial charge in [-0.3, -0.25) is 14.7 Å². The summed E-state index contributed by atoms with van der Waals surface area (Å²) in [5.74, 6) is -0.219. The first-order valence-electron chi connectivity index (χ1n) is 11.4. The fourth-order valence-electron chi connectivity index (χ4n) is 3.76. The summed E-state index contributed by atoms with van der Waals surface area (Å²) in [5, 5.41) is 7.02. The van der Waals surface area contributed by atoms with Crippen LogP contribution in [-0.2, 0) is 17.8 Å². The van der Waals surface area contributed by atoms with Crippen molar-refractivity contribution in [3.63, 3.8) is 0 Å². The fraction of sp³-hybridized carbons (Fsp3) is 0.480. The van der Waals surface area contributed by atoms with Crippen molar-refractivity contribution >= 4 is 34.1 Å². The van der Waals surface area contributed by atoms with E-state index in [4.69, 9.17) is 21.9 Å². The summed E-state index contributed by atoms with van der Waals surface area (Å²) < 4.78 is 4.87. The molecule has 1 amide bonds. The predicted octanol–water partition coefficient (Wildman–Crippen LogP) is 4.82. The van der Waals surface area contributed by atoms with Crippen molar-refractivity contribution in [3.8, 4) is 0 Å². The van der Waals surface area contributed by atoms with Crippen LogP contribution in [0.2, 0.25) is 0 Å². The number of anilines is 1. The van der Waals surface area contributed by atoms with Gasteiger partial charge in [0.1, 0.15) is 17.1 Å². The summed E-state index contributed by atoms with van der Waals surface area (Å²) in [6.45, 7) is 12.3. The van der Waals surface area contributed by atoms with Crippen molar-refractivity contribution in [1.82, 2.24) is 10.1 Å². The third-order valence-electron chi connectivity index (χ3n) is 5.68. The van der Waals surface area contributed by atoms with Crippen LogP contribution in [0.5, 0.6) is 0 Å². The maximum absolute atomic E-state index is 12.8. The minimum atomic E-state index is -0.219. The third kappa shape index (κ3) is 7.17. The number of hydrogen-bond acceptors (Lipinski definition) is 6. The molecule has 0 saturated heterocycles. The lowest BCUT2D eigenvalue weighted by molar-refractivity contribution is -0.115. The van der Waals surface area contributed by atoms with Crippen LogP contribution in [0, 0.1) is 5.41 Å². The first-order chi connectivity index (χ1) is 15.7. The Morgan fingerprint density at radius 1 is 1.30 bits per heavy atom. The Hall–Kier alpha value is -2.64. The Morgan fingerprint density at radius 3 is 2.76 bits per heavy atom. The van der Waals surface area contributed by atoms with Crippen LogP contribution < -0.4 is 11.1 Å². The van der Waals surface area contributed by atoms with E-state index >= 15 is 0 Å². The van der Waals surface area contributed by atoms with E-state index in [0.717, 1.165) is 31.7 Å². The van der Waals surface area contributed by atoms with E-state index in [2.05, 4.69) is 53.3 Å². The molecule has 1 aliphatic heterocycles. The minimum Gasteiger partial charge on any atom is -0.397 e. The topological polar surface area (TPSA) is 96.8 Å². The summed E-state index contributed by atoms with van der Waals surface area (Å²) >= 11 is 6.34. The van der Waals surface area contributed by atoms with Gasteiger partial charge in [-0.15, -0.1) is 0 Å². The van der Waals surface area contributed by atoms with Crippen molar-refractivity contribution in [2.24, 2.45) is 16.1 Å². The molecule has 1 aromatic heterocycles. The van der Waals surface area contributed by atoms with E-state index in [1.54, 1.807) is 6.07 Å². The number of rotatable bonds is 8. The Labute approximate surface area is 201 Å².